The maximum absolute atomic E-state index is 11.5. The van der Waals surface area contributed by atoms with Crippen LogP contribution in [0.3, 0.4) is 0 Å². The molecule has 0 spiro atoms. The molecule has 0 unspecified atom stereocenters. The highest BCUT2D eigenvalue weighted by Gasteiger charge is 2.15. The van der Waals surface area contributed by atoms with Crippen molar-refractivity contribution in [2.75, 3.05) is 26.3 Å². The van der Waals surface area contributed by atoms with E-state index in [-0.39, 0.29) is 6.03 Å². The van der Waals surface area contributed by atoms with Crippen LogP contribution in [0.2, 0.25) is 0 Å². The Morgan fingerprint density at radius 1 is 1.61 bits per heavy atom. The van der Waals surface area contributed by atoms with E-state index in [2.05, 4.69) is 15.7 Å². The summed E-state index contributed by atoms with van der Waals surface area (Å²) in [5.74, 6) is 0.467. The van der Waals surface area contributed by atoms with E-state index < -0.39 is 0 Å². The number of hydrogen-bond donors (Lipinski definition) is 2. The van der Waals surface area contributed by atoms with E-state index in [9.17, 15) is 4.79 Å². The molecule has 100 valence electrons. The van der Waals surface area contributed by atoms with Gasteiger partial charge < -0.3 is 15.4 Å². The van der Waals surface area contributed by atoms with Crippen molar-refractivity contribution >= 4 is 6.03 Å². The van der Waals surface area contributed by atoms with E-state index in [1.807, 2.05) is 19.4 Å². The van der Waals surface area contributed by atoms with Gasteiger partial charge in [-0.1, -0.05) is 0 Å². The number of carbonyl (C=O) groups is 1. The molecule has 18 heavy (non-hydrogen) atoms. The van der Waals surface area contributed by atoms with Crippen LogP contribution >= 0.6 is 0 Å². The second kappa shape index (κ2) is 6.39. The normalized spacial score (nSPS) is 18.8. The highest BCUT2D eigenvalue weighted by molar-refractivity contribution is 5.73. The Balaban J connectivity index is 1.57. The number of amides is 2. The molecule has 1 aliphatic heterocycles. The molecule has 2 N–H and O–H groups in total. The van der Waals surface area contributed by atoms with Crippen molar-refractivity contribution in [3.05, 3.63) is 18.0 Å². The van der Waals surface area contributed by atoms with E-state index in [4.69, 9.17) is 4.74 Å². The van der Waals surface area contributed by atoms with Crippen LogP contribution in [0.1, 0.15) is 12.0 Å². The Bertz CT molecular complexity index is 385. The van der Waals surface area contributed by atoms with Crippen molar-refractivity contribution in [3.8, 4) is 0 Å². The summed E-state index contributed by atoms with van der Waals surface area (Å²) in [5, 5.41) is 9.78. The highest BCUT2D eigenvalue weighted by Crippen LogP contribution is 2.10. The monoisotopic (exact) mass is 252 g/mol. The lowest BCUT2D eigenvalue weighted by molar-refractivity contribution is 0.185. The van der Waals surface area contributed by atoms with Crippen LogP contribution in [-0.4, -0.2) is 42.1 Å². The maximum atomic E-state index is 11.5. The van der Waals surface area contributed by atoms with Crippen LogP contribution in [-0.2, 0) is 18.2 Å². The molecule has 2 amide bonds. The second-order valence-corrected chi connectivity index (χ2v) is 4.64. The average Bonchev–Trinajstić information content (AvgIpc) is 2.98. The van der Waals surface area contributed by atoms with Crippen molar-refractivity contribution in [1.29, 1.82) is 0 Å². The maximum Gasteiger partial charge on any atom is 0.314 e. The van der Waals surface area contributed by atoms with E-state index in [0.29, 0.717) is 19.0 Å². The summed E-state index contributed by atoms with van der Waals surface area (Å²) >= 11 is 0. The molecule has 0 aromatic carbocycles. The van der Waals surface area contributed by atoms with Gasteiger partial charge in [0.05, 0.1) is 12.8 Å². The van der Waals surface area contributed by atoms with Gasteiger partial charge in [-0.3, -0.25) is 4.68 Å². The van der Waals surface area contributed by atoms with Gasteiger partial charge >= 0.3 is 6.03 Å². The van der Waals surface area contributed by atoms with Gasteiger partial charge in [-0.25, -0.2) is 4.79 Å². The molecule has 2 heterocycles. The minimum absolute atomic E-state index is 0.106. The third kappa shape index (κ3) is 4.03. The molecule has 0 saturated carbocycles. The first kappa shape index (κ1) is 12.9. The van der Waals surface area contributed by atoms with Crippen LogP contribution in [0, 0.1) is 5.92 Å². The van der Waals surface area contributed by atoms with Gasteiger partial charge in [-0.15, -0.1) is 0 Å². The highest BCUT2D eigenvalue weighted by atomic mass is 16.5. The first-order valence-electron chi connectivity index (χ1n) is 6.31. The van der Waals surface area contributed by atoms with Crippen molar-refractivity contribution in [2.24, 2.45) is 13.0 Å². The largest absolute Gasteiger partial charge is 0.381 e. The Morgan fingerprint density at radius 3 is 3.17 bits per heavy atom. The molecule has 0 radical (unpaired) electrons. The zero-order valence-electron chi connectivity index (χ0n) is 10.7. The van der Waals surface area contributed by atoms with E-state index in [1.54, 1.807) is 4.68 Å². The lowest BCUT2D eigenvalue weighted by Crippen LogP contribution is -2.39. The van der Waals surface area contributed by atoms with Crippen molar-refractivity contribution in [1.82, 2.24) is 20.4 Å². The number of nitrogens with one attached hydrogen (secondary N) is 2. The standard InChI is InChI=1S/C12H20N4O2/c1-16-8-10(7-15-16)2-4-13-12(17)14-6-11-3-5-18-9-11/h7-8,11H,2-6,9H2,1H3,(H2,13,14,17)/t11-/m1/s1. The fourth-order valence-electron chi connectivity index (χ4n) is 1.97. The van der Waals surface area contributed by atoms with Gasteiger partial charge in [0, 0.05) is 38.9 Å². The lowest BCUT2D eigenvalue weighted by atomic mass is 10.1. The Kier molecular flexibility index (Phi) is 4.58. The number of nitrogens with zero attached hydrogens (tertiary/aromatic N) is 2. The minimum Gasteiger partial charge on any atom is -0.381 e. The zero-order chi connectivity index (χ0) is 12.8. The SMILES string of the molecule is Cn1cc(CCNC(=O)NC[C@H]2CCOC2)cn1. The van der Waals surface area contributed by atoms with Crippen molar-refractivity contribution in [3.63, 3.8) is 0 Å². The van der Waals surface area contributed by atoms with Crippen LogP contribution in [0.15, 0.2) is 12.4 Å². The van der Waals surface area contributed by atoms with Gasteiger partial charge in [0.2, 0.25) is 0 Å². The predicted molar refractivity (Wildman–Crippen MR) is 67.2 cm³/mol. The number of carbonyl (C=O) groups excluding carboxylic acids is 1. The van der Waals surface area contributed by atoms with Crippen LogP contribution in [0.5, 0.6) is 0 Å². The van der Waals surface area contributed by atoms with Gasteiger partial charge in [0.25, 0.3) is 0 Å². The topological polar surface area (TPSA) is 68.2 Å². The third-order valence-electron chi connectivity index (χ3n) is 3.03. The second-order valence-electron chi connectivity index (χ2n) is 4.64. The Morgan fingerprint density at radius 2 is 2.50 bits per heavy atom. The minimum atomic E-state index is -0.106. The number of hydrogen-bond acceptors (Lipinski definition) is 3. The molecular weight excluding hydrogens is 232 g/mol. The van der Waals surface area contributed by atoms with Crippen LogP contribution in [0.4, 0.5) is 4.79 Å². The van der Waals surface area contributed by atoms with Crippen LogP contribution in [0.25, 0.3) is 0 Å². The summed E-state index contributed by atoms with van der Waals surface area (Å²) in [6, 6.07) is -0.106. The number of ether oxygens (including phenoxy) is 1. The van der Waals surface area contributed by atoms with E-state index in [0.717, 1.165) is 31.6 Å². The zero-order valence-corrected chi connectivity index (χ0v) is 10.7. The first-order chi connectivity index (χ1) is 8.74. The quantitative estimate of drug-likeness (QED) is 0.792. The number of aryl methyl sites for hydroxylation is 1. The van der Waals surface area contributed by atoms with E-state index in [1.165, 1.54) is 0 Å². The number of rotatable bonds is 5. The summed E-state index contributed by atoms with van der Waals surface area (Å²) in [6.45, 7) is 2.89. The number of aromatic nitrogens is 2. The molecular formula is C12H20N4O2. The molecule has 1 aromatic heterocycles. The molecule has 6 heteroatoms. The number of urea groups is 1. The molecule has 1 aliphatic rings. The predicted octanol–water partition coefficient (Wildman–Crippen LogP) is 0.298. The Labute approximate surface area is 107 Å². The van der Waals surface area contributed by atoms with Gasteiger partial charge in [-0.2, -0.15) is 5.10 Å². The Hall–Kier alpha value is -1.56. The van der Waals surface area contributed by atoms with Crippen LogP contribution < -0.4 is 10.6 Å². The summed E-state index contributed by atoms with van der Waals surface area (Å²) in [4.78, 5) is 11.5. The lowest BCUT2D eigenvalue weighted by Gasteiger charge is -2.10. The van der Waals surface area contributed by atoms with Gasteiger partial charge in [0.1, 0.15) is 0 Å². The third-order valence-corrected chi connectivity index (χ3v) is 3.03. The molecule has 1 atom stereocenters. The fraction of sp³-hybridized carbons (Fsp3) is 0.667. The van der Waals surface area contributed by atoms with Crippen molar-refractivity contribution in [2.45, 2.75) is 12.8 Å². The summed E-state index contributed by atoms with van der Waals surface area (Å²) in [5.41, 5.74) is 1.13. The summed E-state index contributed by atoms with van der Waals surface area (Å²) < 4.78 is 7.01. The molecule has 1 fully saturated rings. The first-order valence-corrected chi connectivity index (χ1v) is 6.31. The fourth-order valence-corrected chi connectivity index (χ4v) is 1.97. The molecule has 0 bridgehead atoms. The molecule has 1 aromatic rings. The van der Waals surface area contributed by atoms with Gasteiger partial charge in [-0.05, 0) is 18.4 Å². The molecule has 0 aliphatic carbocycles. The molecule has 6 nitrogen and oxygen atoms in total. The summed E-state index contributed by atoms with van der Waals surface area (Å²) in [6.07, 6.45) is 5.61. The summed E-state index contributed by atoms with van der Waals surface area (Å²) in [7, 11) is 1.88. The van der Waals surface area contributed by atoms with Crippen molar-refractivity contribution < 1.29 is 9.53 Å². The molecule has 1 saturated heterocycles. The average molecular weight is 252 g/mol. The van der Waals surface area contributed by atoms with Gasteiger partial charge in [0.15, 0.2) is 0 Å². The smallest absolute Gasteiger partial charge is 0.314 e. The molecule has 2 rings (SSSR count). The van der Waals surface area contributed by atoms with E-state index >= 15 is 0 Å².